The van der Waals surface area contributed by atoms with Crippen molar-refractivity contribution in [3.63, 3.8) is 0 Å². The number of para-hydroxylation sites is 1. The molecule has 7 heteroatoms. The third kappa shape index (κ3) is 4.24. The fraction of sp³-hybridized carbons (Fsp3) is 0.545. The molecule has 3 heterocycles. The van der Waals surface area contributed by atoms with Crippen molar-refractivity contribution >= 4 is 22.8 Å². The molecule has 0 unspecified atom stereocenters. The van der Waals surface area contributed by atoms with Crippen LogP contribution in [0.5, 0.6) is 0 Å². The molecule has 0 saturated carbocycles. The van der Waals surface area contributed by atoms with Gasteiger partial charge in [-0.3, -0.25) is 4.79 Å². The van der Waals surface area contributed by atoms with Gasteiger partial charge in [-0.1, -0.05) is 18.2 Å². The largest absolute Gasteiger partial charge is 0.381 e. The smallest absolute Gasteiger partial charge is 0.318 e. The van der Waals surface area contributed by atoms with Crippen molar-refractivity contribution < 1.29 is 14.3 Å². The van der Waals surface area contributed by atoms with Crippen LogP contribution in [0.4, 0.5) is 4.79 Å². The Morgan fingerprint density at radius 2 is 1.93 bits per heavy atom. The Hall–Kier alpha value is -2.54. The Morgan fingerprint density at radius 3 is 2.66 bits per heavy atom. The van der Waals surface area contributed by atoms with Gasteiger partial charge in [-0.05, 0) is 38.3 Å². The summed E-state index contributed by atoms with van der Waals surface area (Å²) in [6, 6.07) is 8.34. The molecule has 3 amide bonds. The van der Waals surface area contributed by atoms with E-state index in [1.54, 1.807) is 0 Å². The van der Waals surface area contributed by atoms with E-state index in [0.29, 0.717) is 32.7 Å². The first kappa shape index (κ1) is 19.8. The van der Waals surface area contributed by atoms with Gasteiger partial charge in [-0.25, -0.2) is 4.79 Å². The van der Waals surface area contributed by atoms with Crippen LogP contribution < -0.4 is 5.32 Å². The number of carbonyl (C=O) groups excluding carboxylic acids is 2. The van der Waals surface area contributed by atoms with Crippen LogP contribution in [-0.4, -0.2) is 71.2 Å². The number of ether oxygens (including phenoxy) is 1. The molecule has 2 aromatic rings. The van der Waals surface area contributed by atoms with Crippen molar-refractivity contribution in [2.75, 3.05) is 26.3 Å². The van der Waals surface area contributed by atoms with E-state index in [9.17, 15) is 9.59 Å². The zero-order chi connectivity index (χ0) is 20.4. The number of nitrogens with one attached hydrogen (secondary N) is 2. The molecule has 1 aromatic carbocycles. The number of rotatable bonds is 5. The first-order valence-electron chi connectivity index (χ1n) is 10.5. The highest BCUT2D eigenvalue weighted by molar-refractivity contribution is 5.89. The molecule has 29 heavy (non-hydrogen) atoms. The number of carbonyl (C=O) groups is 2. The van der Waals surface area contributed by atoms with Gasteiger partial charge in [0.2, 0.25) is 5.91 Å². The number of fused-ring (bicyclic) bond motifs is 1. The summed E-state index contributed by atoms with van der Waals surface area (Å²) in [5.74, 6) is 0.113. The molecule has 0 bridgehead atoms. The quantitative estimate of drug-likeness (QED) is 0.812. The number of likely N-dealkylation sites (tertiary alicyclic amines) is 1. The van der Waals surface area contributed by atoms with Gasteiger partial charge in [0.05, 0.1) is 12.5 Å². The van der Waals surface area contributed by atoms with Gasteiger partial charge in [0.25, 0.3) is 0 Å². The lowest BCUT2D eigenvalue weighted by Gasteiger charge is -2.49. The van der Waals surface area contributed by atoms with Gasteiger partial charge in [-0.15, -0.1) is 0 Å². The minimum atomic E-state index is -0.0272. The van der Waals surface area contributed by atoms with Gasteiger partial charge in [0.15, 0.2) is 0 Å². The van der Waals surface area contributed by atoms with E-state index in [2.05, 4.69) is 10.3 Å². The summed E-state index contributed by atoms with van der Waals surface area (Å²) in [7, 11) is 0. The average molecular weight is 399 g/mol. The van der Waals surface area contributed by atoms with Gasteiger partial charge >= 0.3 is 6.03 Å². The van der Waals surface area contributed by atoms with E-state index in [-0.39, 0.29) is 30.1 Å². The van der Waals surface area contributed by atoms with Crippen molar-refractivity contribution in [3.8, 4) is 0 Å². The monoisotopic (exact) mass is 398 g/mol. The molecule has 2 N–H and O–H groups in total. The fourth-order valence-electron chi connectivity index (χ4n) is 4.30. The first-order valence-corrected chi connectivity index (χ1v) is 10.5. The SMILES string of the molecule is CC(C)NC(=O)N(C1CCOCC1)C1CN(C(=O)Cc2c[nH]c3ccccc23)C1. The van der Waals surface area contributed by atoms with E-state index in [1.165, 1.54) is 0 Å². The first-order chi connectivity index (χ1) is 14.0. The number of amides is 3. The second kappa shape index (κ2) is 8.45. The second-order valence-electron chi connectivity index (χ2n) is 8.34. The molecule has 2 aliphatic heterocycles. The Morgan fingerprint density at radius 1 is 1.21 bits per heavy atom. The zero-order valence-corrected chi connectivity index (χ0v) is 17.2. The predicted octanol–water partition coefficient (Wildman–Crippen LogP) is 2.52. The Bertz CT molecular complexity index is 866. The van der Waals surface area contributed by atoms with Crippen molar-refractivity contribution in [3.05, 3.63) is 36.0 Å². The van der Waals surface area contributed by atoms with E-state index in [0.717, 1.165) is 29.3 Å². The Kier molecular flexibility index (Phi) is 5.76. The number of nitrogens with zero attached hydrogens (tertiary/aromatic N) is 2. The van der Waals surface area contributed by atoms with Gasteiger partial charge < -0.3 is 24.8 Å². The number of aromatic nitrogens is 1. The number of hydrogen-bond donors (Lipinski definition) is 2. The van der Waals surface area contributed by atoms with Gasteiger partial charge in [-0.2, -0.15) is 0 Å². The van der Waals surface area contributed by atoms with E-state index < -0.39 is 0 Å². The standard InChI is InChI=1S/C22H30N4O3/c1-15(2)24-22(28)26(17-7-9-29-10-8-17)18-13-25(14-18)21(27)11-16-12-23-20-6-4-3-5-19(16)20/h3-6,12,15,17-18,23H,7-11,13-14H2,1-2H3,(H,24,28). The predicted molar refractivity (Wildman–Crippen MR) is 112 cm³/mol. The van der Waals surface area contributed by atoms with Crippen LogP contribution in [-0.2, 0) is 16.0 Å². The summed E-state index contributed by atoms with van der Waals surface area (Å²) in [6.07, 6.45) is 4.01. The molecule has 2 aliphatic rings. The van der Waals surface area contributed by atoms with Gasteiger partial charge in [0, 0.05) is 55.5 Å². The summed E-state index contributed by atoms with van der Waals surface area (Å²) >= 11 is 0. The summed E-state index contributed by atoms with van der Waals surface area (Å²) in [5.41, 5.74) is 2.07. The topological polar surface area (TPSA) is 77.7 Å². The molecule has 2 saturated heterocycles. The molecule has 0 spiro atoms. The number of urea groups is 1. The minimum Gasteiger partial charge on any atom is -0.381 e. The highest BCUT2D eigenvalue weighted by atomic mass is 16.5. The number of benzene rings is 1. The lowest BCUT2D eigenvalue weighted by atomic mass is 9.99. The third-order valence-corrected chi connectivity index (χ3v) is 5.86. The van der Waals surface area contributed by atoms with Crippen LogP contribution in [0.15, 0.2) is 30.5 Å². The van der Waals surface area contributed by atoms with Crippen molar-refractivity contribution in [2.45, 2.75) is 51.2 Å². The van der Waals surface area contributed by atoms with Crippen LogP contribution in [0.3, 0.4) is 0 Å². The molecule has 0 radical (unpaired) electrons. The summed E-state index contributed by atoms with van der Waals surface area (Å²) in [6.45, 7) is 6.52. The summed E-state index contributed by atoms with van der Waals surface area (Å²) in [5, 5.41) is 4.12. The van der Waals surface area contributed by atoms with E-state index >= 15 is 0 Å². The third-order valence-electron chi connectivity index (χ3n) is 5.86. The molecule has 0 atom stereocenters. The molecule has 0 aliphatic carbocycles. The molecule has 7 nitrogen and oxygen atoms in total. The molecule has 1 aromatic heterocycles. The summed E-state index contributed by atoms with van der Waals surface area (Å²) in [4.78, 5) is 32.7. The molecule has 2 fully saturated rings. The fourth-order valence-corrected chi connectivity index (χ4v) is 4.30. The summed E-state index contributed by atoms with van der Waals surface area (Å²) < 4.78 is 5.47. The molecular weight excluding hydrogens is 368 g/mol. The van der Waals surface area contributed by atoms with Crippen LogP contribution in [0.1, 0.15) is 32.3 Å². The van der Waals surface area contributed by atoms with Gasteiger partial charge in [0.1, 0.15) is 0 Å². The van der Waals surface area contributed by atoms with Crippen molar-refractivity contribution in [2.24, 2.45) is 0 Å². The van der Waals surface area contributed by atoms with E-state index in [4.69, 9.17) is 4.74 Å². The second-order valence-corrected chi connectivity index (χ2v) is 8.34. The minimum absolute atomic E-state index is 0.0272. The van der Waals surface area contributed by atoms with Crippen molar-refractivity contribution in [1.29, 1.82) is 0 Å². The molecular formula is C22H30N4O3. The van der Waals surface area contributed by atoms with Crippen LogP contribution in [0.2, 0.25) is 0 Å². The maximum atomic E-state index is 12.8. The van der Waals surface area contributed by atoms with Crippen LogP contribution in [0, 0.1) is 0 Å². The highest BCUT2D eigenvalue weighted by Crippen LogP contribution is 2.25. The Balaban J connectivity index is 1.39. The lowest BCUT2D eigenvalue weighted by Crippen LogP contribution is -2.66. The van der Waals surface area contributed by atoms with Crippen LogP contribution >= 0.6 is 0 Å². The number of H-pyrrole nitrogens is 1. The molecule has 156 valence electrons. The maximum Gasteiger partial charge on any atom is 0.318 e. The highest BCUT2D eigenvalue weighted by Gasteiger charge is 2.40. The van der Waals surface area contributed by atoms with Crippen LogP contribution in [0.25, 0.3) is 10.9 Å². The average Bonchev–Trinajstić information content (AvgIpc) is 3.07. The zero-order valence-electron chi connectivity index (χ0n) is 17.2. The maximum absolute atomic E-state index is 12.8. The molecule has 4 rings (SSSR count). The number of hydrogen-bond acceptors (Lipinski definition) is 3. The Labute approximate surface area is 171 Å². The van der Waals surface area contributed by atoms with E-state index in [1.807, 2.05) is 54.1 Å². The normalized spacial score (nSPS) is 18.1. The van der Waals surface area contributed by atoms with Crippen molar-refractivity contribution in [1.82, 2.24) is 20.1 Å². The lowest BCUT2D eigenvalue weighted by molar-refractivity contribution is -0.138. The number of aromatic amines is 1.